The van der Waals surface area contributed by atoms with Crippen LogP contribution in [0.4, 0.5) is 5.69 Å². The summed E-state index contributed by atoms with van der Waals surface area (Å²) in [7, 11) is 4.87. The predicted molar refractivity (Wildman–Crippen MR) is 117 cm³/mol. The van der Waals surface area contributed by atoms with E-state index in [1.807, 2.05) is 72.8 Å². The Morgan fingerprint density at radius 3 is 1.80 bits per heavy atom. The minimum Gasteiger partial charge on any atom is -0.497 e. The Morgan fingerprint density at radius 1 is 0.767 bits per heavy atom. The van der Waals surface area contributed by atoms with Gasteiger partial charge in [0.25, 0.3) is 0 Å². The van der Waals surface area contributed by atoms with Gasteiger partial charge in [-0.25, -0.2) is 0 Å². The van der Waals surface area contributed by atoms with Crippen molar-refractivity contribution in [3.63, 3.8) is 0 Å². The smallest absolute Gasteiger partial charge is 0.240 e. The summed E-state index contributed by atoms with van der Waals surface area (Å²) in [6.45, 7) is 0.135. The molecular formula is C24H26N2O4. The van der Waals surface area contributed by atoms with Gasteiger partial charge in [0.1, 0.15) is 17.2 Å². The molecule has 0 saturated heterocycles. The van der Waals surface area contributed by atoms with E-state index >= 15 is 0 Å². The van der Waals surface area contributed by atoms with Gasteiger partial charge in [-0.05, 0) is 47.5 Å². The van der Waals surface area contributed by atoms with Crippen LogP contribution >= 0.6 is 0 Å². The van der Waals surface area contributed by atoms with Crippen LogP contribution in [0.25, 0.3) is 0 Å². The summed E-state index contributed by atoms with van der Waals surface area (Å²) in [4.78, 5) is 12.7. The van der Waals surface area contributed by atoms with Gasteiger partial charge in [-0.2, -0.15) is 0 Å². The number of benzene rings is 3. The zero-order valence-corrected chi connectivity index (χ0v) is 17.3. The van der Waals surface area contributed by atoms with Crippen LogP contribution in [-0.2, 0) is 4.79 Å². The molecule has 6 heteroatoms. The Hall–Kier alpha value is -3.67. The number of nitrogens with one attached hydrogen (secondary N) is 2. The Labute approximate surface area is 176 Å². The molecule has 0 radical (unpaired) electrons. The highest BCUT2D eigenvalue weighted by Gasteiger charge is 2.17. The van der Waals surface area contributed by atoms with E-state index < -0.39 is 0 Å². The minimum absolute atomic E-state index is 0.130. The Kier molecular flexibility index (Phi) is 7.16. The van der Waals surface area contributed by atoms with Crippen LogP contribution in [0.1, 0.15) is 17.2 Å². The molecule has 3 rings (SSSR count). The van der Waals surface area contributed by atoms with E-state index in [2.05, 4.69) is 10.6 Å². The molecule has 0 unspecified atom stereocenters. The van der Waals surface area contributed by atoms with Gasteiger partial charge in [0.05, 0.1) is 33.9 Å². The predicted octanol–water partition coefficient (Wildman–Crippen LogP) is 4.03. The normalized spacial score (nSPS) is 10.4. The second kappa shape index (κ2) is 10.2. The minimum atomic E-state index is -0.304. The third kappa shape index (κ3) is 5.44. The molecule has 0 spiro atoms. The van der Waals surface area contributed by atoms with Crippen LogP contribution in [0.3, 0.4) is 0 Å². The topological polar surface area (TPSA) is 68.8 Å². The van der Waals surface area contributed by atoms with Gasteiger partial charge in [-0.3, -0.25) is 4.79 Å². The van der Waals surface area contributed by atoms with E-state index in [1.54, 1.807) is 21.3 Å². The number of amides is 1. The third-order valence-corrected chi connectivity index (χ3v) is 4.73. The number of ether oxygens (including phenoxy) is 3. The number of hydrogen-bond acceptors (Lipinski definition) is 5. The van der Waals surface area contributed by atoms with Crippen molar-refractivity contribution in [3.05, 3.63) is 83.9 Å². The molecule has 6 nitrogen and oxygen atoms in total. The number of anilines is 1. The first-order valence-corrected chi connectivity index (χ1v) is 9.58. The van der Waals surface area contributed by atoms with E-state index in [4.69, 9.17) is 14.2 Å². The zero-order valence-electron chi connectivity index (χ0n) is 17.3. The van der Waals surface area contributed by atoms with Crippen molar-refractivity contribution in [2.45, 2.75) is 6.04 Å². The highest BCUT2D eigenvalue weighted by atomic mass is 16.5. The summed E-state index contributed by atoms with van der Waals surface area (Å²) >= 11 is 0. The molecule has 0 fully saturated rings. The van der Waals surface area contributed by atoms with E-state index in [0.717, 1.165) is 34.1 Å². The summed E-state index contributed by atoms with van der Waals surface area (Å²) in [5, 5.41) is 6.24. The van der Waals surface area contributed by atoms with E-state index in [-0.39, 0.29) is 18.5 Å². The fourth-order valence-corrected chi connectivity index (χ4v) is 3.08. The molecule has 0 heterocycles. The van der Waals surface area contributed by atoms with Crippen LogP contribution in [0.2, 0.25) is 0 Å². The lowest BCUT2D eigenvalue weighted by Crippen LogP contribution is -2.34. The van der Waals surface area contributed by atoms with Crippen LogP contribution in [0.15, 0.2) is 72.8 Å². The van der Waals surface area contributed by atoms with E-state index in [0.29, 0.717) is 0 Å². The number of rotatable bonds is 9. The molecule has 30 heavy (non-hydrogen) atoms. The summed E-state index contributed by atoms with van der Waals surface area (Å²) in [5.74, 6) is 2.13. The van der Waals surface area contributed by atoms with Gasteiger partial charge >= 0.3 is 0 Å². The number of carbonyl (C=O) groups excluding carboxylic acids is 1. The fourth-order valence-electron chi connectivity index (χ4n) is 3.08. The van der Waals surface area contributed by atoms with Gasteiger partial charge in [0, 0.05) is 11.8 Å². The molecule has 0 atom stereocenters. The average Bonchev–Trinajstić information content (AvgIpc) is 2.81. The van der Waals surface area contributed by atoms with Gasteiger partial charge < -0.3 is 24.8 Å². The van der Waals surface area contributed by atoms with Crippen molar-refractivity contribution in [1.29, 1.82) is 0 Å². The van der Waals surface area contributed by atoms with Gasteiger partial charge in [0.15, 0.2) is 0 Å². The third-order valence-electron chi connectivity index (χ3n) is 4.73. The van der Waals surface area contributed by atoms with Gasteiger partial charge in [0.2, 0.25) is 5.91 Å². The summed E-state index contributed by atoms with van der Waals surface area (Å²) < 4.78 is 15.7. The van der Waals surface area contributed by atoms with Crippen LogP contribution in [-0.4, -0.2) is 33.8 Å². The first-order valence-electron chi connectivity index (χ1n) is 9.58. The largest absolute Gasteiger partial charge is 0.497 e. The summed E-state index contributed by atoms with van der Waals surface area (Å²) in [6, 6.07) is 22.5. The van der Waals surface area contributed by atoms with Crippen molar-refractivity contribution in [2.75, 3.05) is 33.2 Å². The molecule has 156 valence electrons. The standard InChI is InChI=1S/C24H26N2O4/c1-28-20-11-7-17(8-12-20)24(18-9-13-21(29-2)14-10-18)26-23(27)16-25-19-5-4-6-22(15-19)30-3/h4-15,24-25H,16H2,1-3H3,(H,26,27). The lowest BCUT2D eigenvalue weighted by Gasteiger charge is -2.21. The maximum atomic E-state index is 12.7. The van der Waals surface area contributed by atoms with Crippen molar-refractivity contribution in [2.24, 2.45) is 0 Å². The first-order chi connectivity index (χ1) is 14.6. The summed E-state index contributed by atoms with van der Waals surface area (Å²) in [6.07, 6.45) is 0. The van der Waals surface area contributed by atoms with Crippen molar-refractivity contribution in [3.8, 4) is 17.2 Å². The molecule has 0 bridgehead atoms. The van der Waals surface area contributed by atoms with Crippen LogP contribution in [0.5, 0.6) is 17.2 Å². The number of carbonyl (C=O) groups is 1. The average molecular weight is 406 g/mol. The molecule has 3 aromatic carbocycles. The zero-order chi connectivity index (χ0) is 21.3. The van der Waals surface area contributed by atoms with E-state index in [1.165, 1.54) is 0 Å². The maximum absolute atomic E-state index is 12.7. The SMILES string of the molecule is COc1ccc(C(NC(=O)CNc2cccc(OC)c2)c2ccc(OC)cc2)cc1. The first kappa shape index (κ1) is 21.0. The van der Waals surface area contributed by atoms with Crippen molar-refractivity contribution < 1.29 is 19.0 Å². The molecule has 0 aliphatic carbocycles. The quantitative estimate of drug-likeness (QED) is 0.562. The molecule has 2 N–H and O–H groups in total. The molecule has 3 aromatic rings. The highest BCUT2D eigenvalue weighted by Crippen LogP contribution is 2.26. The van der Waals surface area contributed by atoms with Crippen molar-refractivity contribution >= 4 is 11.6 Å². The molecule has 0 aliphatic rings. The second-order valence-corrected chi connectivity index (χ2v) is 6.63. The Morgan fingerprint density at radius 2 is 1.30 bits per heavy atom. The fraction of sp³-hybridized carbons (Fsp3) is 0.208. The Bertz CT molecular complexity index is 908. The molecular weight excluding hydrogens is 380 g/mol. The van der Waals surface area contributed by atoms with E-state index in [9.17, 15) is 4.79 Å². The lowest BCUT2D eigenvalue weighted by molar-refractivity contribution is -0.119. The summed E-state index contributed by atoms with van der Waals surface area (Å²) in [5.41, 5.74) is 2.72. The second-order valence-electron chi connectivity index (χ2n) is 6.63. The maximum Gasteiger partial charge on any atom is 0.240 e. The Balaban J connectivity index is 1.75. The van der Waals surface area contributed by atoms with Crippen molar-refractivity contribution in [1.82, 2.24) is 5.32 Å². The molecule has 0 aliphatic heterocycles. The van der Waals surface area contributed by atoms with Gasteiger partial charge in [-0.1, -0.05) is 30.3 Å². The number of hydrogen-bond donors (Lipinski definition) is 2. The monoisotopic (exact) mass is 406 g/mol. The highest BCUT2D eigenvalue weighted by molar-refractivity contribution is 5.81. The van der Waals surface area contributed by atoms with Gasteiger partial charge in [-0.15, -0.1) is 0 Å². The van der Waals surface area contributed by atoms with Crippen LogP contribution in [0, 0.1) is 0 Å². The lowest BCUT2D eigenvalue weighted by atomic mass is 9.98. The van der Waals surface area contributed by atoms with Crippen LogP contribution < -0.4 is 24.8 Å². The number of methoxy groups -OCH3 is 3. The molecule has 0 aromatic heterocycles. The molecule has 1 amide bonds. The molecule has 0 saturated carbocycles.